The van der Waals surface area contributed by atoms with Gasteiger partial charge in [-0.2, -0.15) is 0 Å². The van der Waals surface area contributed by atoms with Crippen LogP contribution in [0.5, 0.6) is 0 Å². The first-order valence-electron chi connectivity index (χ1n) is 7.32. The number of anilines is 1. The monoisotopic (exact) mass is 268 g/mol. The average Bonchev–Trinajstić information content (AvgIpc) is 2.48. The van der Waals surface area contributed by atoms with Crippen molar-refractivity contribution in [1.82, 2.24) is 4.90 Å². The fraction of sp³-hybridized carbons (Fsp3) is 0.333. The van der Waals surface area contributed by atoms with E-state index < -0.39 is 0 Å². The molecule has 0 fully saturated rings. The Morgan fingerprint density at radius 1 is 0.900 bits per heavy atom. The Labute approximate surface area is 122 Å². The third kappa shape index (κ3) is 4.71. The van der Waals surface area contributed by atoms with Gasteiger partial charge in [0.2, 0.25) is 0 Å². The lowest BCUT2D eigenvalue weighted by molar-refractivity contribution is 0.221. The van der Waals surface area contributed by atoms with Gasteiger partial charge in [0.1, 0.15) is 0 Å². The Morgan fingerprint density at radius 3 is 2.10 bits per heavy atom. The summed E-state index contributed by atoms with van der Waals surface area (Å²) in [5, 5.41) is 3.47. The van der Waals surface area contributed by atoms with E-state index in [0.29, 0.717) is 6.04 Å². The molecule has 2 aromatic rings. The highest BCUT2D eigenvalue weighted by Crippen LogP contribution is 2.09. The van der Waals surface area contributed by atoms with Crippen molar-refractivity contribution in [2.45, 2.75) is 26.4 Å². The Morgan fingerprint density at radius 2 is 1.50 bits per heavy atom. The van der Waals surface area contributed by atoms with E-state index in [2.05, 4.69) is 78.7 Å². The van der Waals surface area contributed by atoms with Gasteiger partial charge in [0.15, 0.2) is 0 Å². The standard InChI is InChI=1S/C18H24N2/c1-16(2)20(15-17-9-5-3-6-10-17)14-13-19-18-11-7-4-8-12-18/h3-12,16,19H,13-15H2,1-2H3. The normalized spacial score (nSPS) is 11.0. The van der Waals surface area contributed by atoms with Crippen LogP contribution in [-0.2, 0) is 6.54 Å². The molecule has 0 saturated carbocycles. The van der Waals surface area contributed by atoms with Gasteiger partial charge in [-0.15, -0.1) is 0 Å². The van der Waals surface area contributed by atoms with Crippen LogP contribution in [-0.4, -0.2) is 24.0 Å². The number of hydrogen-bond acceptors (Lipinski definition) is 2. The molecule has 2 aromatic carbocycles. The van der Waals surface area contributed by atoms with Gasteiger partial charge in [0.25, 0.3) is 0 Å². The largest absolute Gasteiger partial charge is 0.384 e. The maximum Gasteiger partial charge on any atom is 0.0340 e. The molecule has 2 rings (SSSR count). The predicted octanol–water partition coefficient (Wildman–Crippen LogP) is 4.01. The lowest BCUT2D eigenvalue weighted by atomic mass is 10.2. The van der Waals surface area contributed by atoms with Crippen molar-refractivity contribution in [1.29, 1.82) is 0 Å². The Balaban J connectivity index is 1.84. The minimum atomic E-state index is 0.549. The summed E-state index contributed by atoms with van der Waals surface area (Å²) < 4.78 is 0. The van der Waals surface area contributed by atoms with E-state index in [9.17, 15) is 0 Å². The van der Waals surface area contributed by atoms with Gasteiger partial charge in [-0.25, -0.2) is 0 Å². The van der Waals surface area contributed by atoms with E-state index in [4.69, 9.17) is 0 Å². The fourth-order valence-electron chi connectivity index (χ4n) is 2.24. The zero-order valence-electron chi connectivity index (χ0n) is 12.4. The van der Waals surface area contributed by atoms with Crippen LogP contribution in [0.4, 0.5) is 5.69 Å². The van der Waals surface area contributed by atoms with E-state index in [1.54, 1.807) is 0 Å². The number of nitrogens with one attached hydrogen (secondary N) is 1. The van der Waals surface area contributed by atoms with Gasteiger partial charge >= 0.3 is 0 Å². The summed E-state index contributed by atoms with van der Waals surface area (Å²) in [6.07, 6.45) is 0. The lowest BCUT2D eigenvalue weighted by Gasteiger charge is -2.26. The van der Waals surface area contributed by atoms with Crippen LogP contribution in [0.2, 0.25) is 0 Å². The highest BCUT2D eigenvalue weighted by atomic mass is 15.2. The molecule has 0 aliphatic heterocycles. The molecule has 106 valence electrons. The topological polar surface area (TPSA) is 15.3 Å². The van der Waals surface area contributed by atoms with Crippen molar-refractivity contribution in [3.8, 4) is 0 Å². The van der Waals surface area contributed by atoms with E-state index >= 15 is 0 Å². The van der Waals surface area contributed by atoms with Gasteiger partial charge in [-0.1, -0.05) is 48.5 Å². The smallest absolute Gasteiger partial charge is 0.0340 e. The Bertz CT molecular complexity index is 479. The highest BCUT2D eigenvalue weighted by molar-refractivity contribution is 5.42. The molecule has 2 heteroatoms. The Kier molecular flexibility index (Phi) is 5.63. The Hall–Kier alpha value is -1.80. The highest BCUT2D eigenvalue weighted by Gasteiger charge is 2.09. The maximum atomic E-state index is 3.47. The molecule has 1 N–H and O–H groups in total. The van der Waals surface area contributed by atoms with Crippen molar-refractivity contribution in [3.63, 3.8) is 0 Å². The van der Waals surface area contributed by atoms with Crippen LogP contribution >= 0.6 is 0 Å². The summed E-state index contributed by atoms with van der Waals surface area (Å²) in [7, 11) is 0. The zero-order valence-corrected chi connectivity index (χ0v) is 12.4. The van der Waals surface area contributed by atoms with E-state index in [1.807, 2.05) is 6.07 Å². The first kappa shape index (κ1) is 14.6. The molecule has 0 aliphatic carbocycles. The van der Waals surface area contributed by atoms with Crippen molar-refractivity contribution < 1.29 is 0 Å². The first-order valence-corrected chi connectivity index (χ1v) is 7.32. The third-order valence-electron chi connectivity index (χ3n) is 3.46. The van der Waals surface area contributed by atoms with E-state index in [0.717, 1.165) is 19.6 Å². The molecular formula is C18H24N2. The molecule has 0 amide bonds. The van der Waals surface area contributed by atoms with Gasteiger partial charge in [-0.3, -0.25) is 4.90 Å². The van der Waals surface area contributed by atoms with Gasteiger partial charge < -0.3 is 5.32 Å². The van der Waals surface area contributed by atoms with Crippen LogP contribution in [0.1, 0.15) is 19.4 Å². The van der Waals surface area contributed by atoms with Gasteiger partial charge in [-0.05, 0) is 31.5 Å². The SMILES string of the molecule is CC(C)N(CCNc1ccccc1)Cc1ccccc1. The number of hydrogen-bond donors (Lipinski definition) is 1. The van der Waals surface area contributed by atoms with E-state index in [-0.39, 0.29) is 0 Å². The van der Waals surface area contributed by atoms with Crippen molar-refractivity contribution in [3.05, 3.63) is 66.2 Å². The third-order valence-corrected chi connectivity index (χ3v) is 3.46. The summed E-state index contributed by atoms with van der Waals surface area (Å²) >= 11 is 0. The summed E-state index contributed by atoms with van der Waals surface area (Å²) in [4.78, 5) is 2.49. The lowest BCUT2D eigenvalue weighted by Crippen LogP contribution is -2.34. The minimum absolute atomic E-state index is 0.549. The van der Waals surface area contributed by atoms with Gasteiger partial charge in [0, 0.05) is 31.4 Å². The zero-order chi connectivity index (χ0) is 14.2. The number of para-hydroxylation sites is 1. The summed E-state index contributed by atoms with van der Waals surface area (Å²) in [6, 6.07) is 21.6. The quantitative estimate of drug-likeness (QED) is 0.816. The van der Waals surface area contributed by atoms with Crippen molar-refractivity contribution >= 4 is 5.69 Å². The molecule has 0 bridgehead atoms. The summed E-state index contributed by atoms with van der Waals surface area (Å²) in [6.45, 7) is 7.53. The van der Waals surface area contributed by atoms with Crippen LogP contribution in [0.15, 0.2) is 60.7 Å². The first-order chi connectivity index (χ1) is 9.75. The molecule has 0 aliphatic rings. The molecule has 0 aromatic heterocycles. The second kappa shape index (κ2) is 7.71. The second-order valence-corrected chi connectivity index (χ2v) is 5.34. The summed E-state index contributed by atoms with van der Waals surface area (Å²) in [5.74, 6) is 0. The number of benzene rings is 2. The van der Waals surface area contributed by atoms with Crippen LogP contribution < -0.4 is 5.32 Å². The van der Waals surface area contributed by atoms with Crippen molar-refractivity contribution in [2.75, 3.05) is 18.4 Å². The second-order valence-electron chi connectivity index (χ2n) is 5.34. The molecule has 0 atom stereocenters. The maximum absolute atomic E-state index is 3.47. The van der Waals surface area contributed by atoms with Gasteiger partial charge in [0.05, 0.1) is 0 Å². The molecule has 0 unspecified atom stereocenters. The molecule has 0 spiro atoms. The molecule has 2 nitrogen and oxygen atoms in total. The summed E-state index contributed by atoms with van der Waals surface area (Å²) in [5.41, 5.74) is 2.57. The van der Waals surface area contributed by atoms with Crippen molar-refractivity contribution in [2.24, 2.45) is 0 Å². The number of nitrogens with zero attached hydrogens (tertiary/aromatic N) is 1. The molecule has 0 radical (unpaired) electrons. The minimum Gasteiger partial charge on any atom is -0.384 e. The number of rotatable bonds is 7. The van der Waals surface area contributed by atoms with Crippen LogP contribution in [0.3, 0.4) is 0 Å². The predicted molar refractivity (Wildman–Crippen MR) is 86.9 cm³/mol. The molecular weight excluding hydrogens is 244 g/mol. The molecule has 0 saturated heterocycles. The average molecular weight is 268 g/mol. The van der Waals surface area contributed by atoms with Crippen LogP contribution in [0.25, 0.3) is 0 Å². The van der Waals surface area contributed by atoms with E-state index in [1.165, 1.54) is 11.3 Å². The van der Waals surface area contributed by atoms with Crippen LogP contribution in [0, 0.1) is 0 Å². The molecule has 0 heterocycles. The fourth-order valence-corrected chi connectivity index (χ4v) is 2.24. The molecule has 20 heavy (non-hydrogen) atoms.